The van der Waals surface area contributed by atoms with Crippen LogP contribution in [0.2, 0.25) is 0 Å². The van der Waals surface area contributed by atoms with Gasteiger partial charge >= 0.3 is 11.9 Å². The summed E-state index contributed by atoms with van der Waals surface area (Å²) in [5.41, 5.74) is 7.23. The van der Waals surface area contributed by atoms with Gasteiger partial charge in [0.25, 0.3) is 0 Å². The zero-order valence-electron chi connectivity index (χ0n) is 64.7. The molecule has 0 radical (unpaired) electrons. The lowest BCUT2D eigenvalue weighted by Crippen LogP contribution is -2.40. The van der Waals surface area contributed by atoms with Crippen LogP contribution >= 0.6 is 0 Å². The number of fused-ring (bicyclic) bond motifs is 2. The van der Waals surface area contributed by atoms with Crippen molar-refractivity contribution in [1.82, 2.24) is 0 Å². The van der Waals surface area contributed by atoms with Crippen LogP contribution in [-0.2, 0) is 68.7 Å². The summed E-state index contributed by atoms with van der Waals surface area (Å²) in [5, 5.41) is 66.1. The smallest absolute Gasteiger partial charge is 0.338 e. The zero-order chi connectivity index (χ0) is 82.3. The molecule has 0 saturated carbocycles. The zero-order valence-corrected chi connectivity index (χ0v) is 64.7. The quantitative estimate of drug-likeness (QED) is 0.0174. The molecule has 2 aliphatic rings. The molecule has 602 valence electrons. The molecular formula is C100H82O20. The minimum absolute atomic E-state index is 0.0328. The first-order chi connectivity index (χ1) is 58.7. The molecule has 2 aliphatic heterocycles. The van der Waals surface area contributed by atoms with Crippen molar-refractivity contribution in [2.24, 2.45) is 0 Å². The Labute approximate surface area is 691 Å². The summed E-state index contributed by atoms with van der Waals surface area (Å²) in [6.45, 7) is 0.351. The van der Waals surface area contributed by atoms with Crippen molar-refractivity contribution < 1.29 is 97.1 Å². The Morgan fingerprint density at radius 2 is 0.625 bits per heavy atom. The molecule has 0 bridgehead atoms. The summed E-state index contributed by atoms with van der Waals surface area (Å²) in [7, 11) is 0. The van der Waals surface area contributed by atoms with Gasteiger partial charge in [-0.25, -0.2) is 9.59 Å². The first-order valence-electron chi connectivity index (χ1n) is 39.0. The molecule has 5 atom stereocenters. The molecule has 16 rings (SSSR count). The number of esters is 2. The van der Waals surface area contributed by atoms with Crippen molar-refractivity contribution in [1.29, 1.82) is 0 Å². The van der Waals surface area contributed by atoms with Crippen molar-refractivity contribution in [3.63, 3.8) is 0 Å². The highest BCUT2D eigenvalue weighted by Crippen LogP contribution is 2.60. The normalized spacial score (nSPS) is 15.1. The highest BCUT2D eigenvalue weighted by atomic mass is 16.6. The monoisotopic (exact) mass is 1600 g/mol. The molecule has 14 aromatic rings. The van der Waals surface area contributed by atoms with Crippen molar-refractivity contribution >= 4 is 11.9 Å². The van der Waals surface area contributed by atoms with Crippen LogP contribution in [0.3, 0.4) is 0 Å². The Morgan fingerprint density at radius 3 is 1.01 bits per heavy atom. The second kappa shape index (κ2) is 36.7. The fraction of sp³-hybridized carbons (Fsp3) is 0.140. The molecule has 6 N–H and O–H groups in total. The predicted octanol–water partition coefficient (Wildman–Crippen LogP) is 19.9. The first kappa shape index (κ1) is 78.7. The summed E-state index contributed by atoms with van der Waals surface area (Å²) in [6, 6.07) is 95.9. The van der Waals surface area contributed by atoms with E-state index in [0.29, 0.717) is 28.4 Å². The van der Waals surface area contributed by atoms with E-state index in [2.05, 4.69) is 0 Å². The van der Waals surface area contributed by atoms with Gasteiger partial charge in [-0.3, -0.25) is 0 Å². The van der Waals surface area contributed by atoms with Crippen LogP contribution in [0.4, 0.5) is 0 Å². The van der Waals surface area contributed by atoms with Gasteiger partial charge in [-0.05, 0) is 93.0 Å². The van der Waals surface area contributed by atoms with Gasteiger partial charge in [0, 0.05) is 52.4 Å². The van der Waals surface area contributed by atoms with Crippen molar-refractivity contribution in [3.8, 4) is 92.0 Å². The summed E-state index contributed by atoms with van der Waals surface area (Å²) < 4.78 is 84.9. The standard InChI is InChI=1S/C100H82O20/c101-77-45-73(46-78(102)93(77)105)99(107)118-89-53-76-83(112-58-66-31-15-4-16-32-66)54-87(116-62-70-39-23-8-24-40-70)91(97(76)119-95(89)71-41-43-81(110-56-64-27-11-2-12-28-64)84(49-71)113-59-67-33-17-5-18-34-67)92-90-86(115-61-69-37-21-7-22-38-69)51-75(109-55-63-25-9-1-10-26-63)52-88(90)117-96(98(92)120-100(108)74-47-79(103)94(106)80(104)48-74)72-42-44-82(111-57-65-29-13-3-14-30-65)85(50-72)114-60-68-35-19-6-20-36-68/h1-52,54,89,92,95-96,98,101-106H,53,55-62H2/t89-,92+,95+,96+,98+/m0/s1. The largest absolute Gasteiger partial charge is 0.504 e. The number of aromatic hydroxyl groups is 6. The SMILES string of the molecule is O=C(O[C@@H]1[C@@H](c2c(OCc3ccccc3)cc(OCc3ccccc3)c3c2O[C@H](c2ccc(OCc4ccccc4)c(OCc4ccccc4)c2)[C@@H](OC(=O)c2cc(O)c(O)c(O)c2)C3)c2c(OCc3ccccc3)cc(OCc3ccccc3)cc2O[C@@H]1c1ccc(OCc2ccccc2)c(OCc2ccccc2)c1)c1cc(O)c(O)c(O)c1. The van der Waals surface area contributed by atoms with E-state index < -0.39 is 82.3 Å². The lowest BCUT2D eigenvalue weighted by atomic mass is 9.77. The van der Waals surface area contributed by atoms with Crippen LogP contribution < -0.4 is 47.4 Å². The molecule has 20 heteroatoms. The number of hydrogen-bond acceptors (Lipinski definition) is 20. The van der Waals surface area contributed by atoms with E-state index in [1.54, 1.807) is 54.6 Å². The predicted molar refractivity (Wildman–Crippen MR) is 446 cm³/mol. The Bertz CT molecular complexity index is 5820. The topological polar surface area (TPSA) is 266 Å². The summed E-state index contributed by atoms with van der Waals surface area (Å²) in [4.78, 5) is 31.3. The van der Waals surface area contributed by atoms with Gasteiger partial charge in [0.05, 0.1) is 17.0 Å². The van der Waals surface area contributed by atoms with Gasteiger partial charge in [0.15, 0.2) is 75.8 Å². The maximum absolute atomic E-state index is 16.0. The van der Waals surface area contributed by atoms with E-state index in [1.165, 1.54) is 0 Å². The second-order valence-corrected chi connectivity index (χ2v) is 28.8. The molecule has 0 amide bonds. The van der Waals surface area contributed by atoms with E-state index in [9.17, 15) is 30.6 Å². The molecular weight excluding hydrogens is 1520 g/mol. The molecule has 0 saturated heterocycles. The lowest BCUT2D eigenvalue weighted by molar-refractivity contribution is -0.0306. The van der Waals surface area contributed by atoms with Crippen LogP contribution in [0.1, 0.15) is 111 Å². The van der Waals surface area contributed by atoms with Gasteiger partial charge in [-0.2, -0.15) is 0 Å². The fourth-order valence-corrected chi connectivity index (χ4v) is 14.5. The van der Waals surface area contributed by atoms with Gasteiger partial charge in [0.2, 0.25) is 0 Å². The van der Waals surface area contributed by atoms with Crippen LogP contribution in [0.25, 0.3) is 0 Å². The number of carbonyl (C=O) groups excluding carboxylic acids is 2. The van der Waals surface area contributed by atoms with E-state index in [0.717, 1.165) is 68.8 Å². The van der Waals surface area contributed by atoms with E-state index in [4.69, 9.17) is 56.8 Å². The number of phenols is 6. The number of ether oxygens (including phenoxy) is 12. The molecule has 14 aromatic carbocycles. The van der Waals surface area contributed by atoms with Crippen molar-refractivity contribution in [2.45, 2.75) is 89.6 Å². The third kappa shape index (κ3) is 18.7. The minimum atomic E-state index is -1.68. The molecule has 0 aromatic heterocycles. The highest BCUT2D eigenvalue weighted by Gasteiger charge is 2.51. The van der Waals surface area contributed by atoms with E-state index >= 15 is 9.59 Å². The molecule has 20 nitrogen and oxygen atoms in total. The third-order valence-corrected chi connectivity index (χ3v) is 20.5. The Morgan fingerprint density at radius 1 is 0.300 bits per heavy atom. The maximum Gasteiger partial charge on any atom is 0.338 e. The van der Waals surface area contributed by atoms with Crippen molar-refractivity contribution in [2.75, 3.05) is 0 Å². The second-order valence-electron chi connectivity index (χ2n) is 28.8. The third-order valence-electron chi connectivity index (χ3n) is 20.5. The Kier molecular flexibility index (Phi) is 24.1. The Hall–Kier alpha value is -15.2. The van der Waals surface area contributed by atoms with E-state index in [-0.39, 0.29) is 122 Å². The molecule has 0 unspecified atom stereocenters. The molecule has 120 heavy (non-hydrogen) atoms. The van der Waals surface area contributed by atoms with Gasteiger partial charge in [-0.15, -0.1) is 0 Å². The van der Waals surface area contributed by atoms with Crippen molar-refractivity contribution in [3.05, 3.63) is 405 Å². The first-order valence-corrected chi connectivity index (χ1v) is 39.0. The van der Waals surface area contributed by atoms with E-state index in [1.807, 2.05) is 243 Å². The fourth-order valence-electron chi connectivity index (χ4n) is 14.5. The molecule has 2 heterocycles. The minimum Gasteiger partial charge on any atom is -0.504 e. The number of phenolic OH excluding ortho intramolecular Hbond substituents is 6. The van der Waals surface area contributed by atoms with Crippen LogP contribution in [-0.4, -0.2) is 54.8 Å². The van der Waals surface area contributed by atoms with Gasteiger partial charge < -0.3 is 87.5 Å². The van der Waals surface area contributed by atoms with Gasteiger partial charge in [0.1, 0.15) is 93.5 Å². The number of carbonyl (C=O) groups is 2. The lowest BCUT2D eigenvalue weighted by Gasteiger charge is -2.43. The average Bonchev–Trinajstić information content (AvgIpc) is 0.716. The highest BCUT2D eigenvalue weighted by molar-refractivity contribution is 5.92. The van der Waals surface area contributed by atoms with Gasteiger partial charge in [-0.1, -0.05) is 255 Å². The molecule has 0 spiro atoms. The van der Waals surface area contributed by atoms with Crippen LogP contribution in [0.5, 0.6) is 92.0 Å². The summed E-state index contributed by atoms with van der Waals surface area (Å²) >= 11 is 0. The molecule has 0 fully saturated rings. The molecule has 0 aliphatic carbocycles. The Balaban J connectivity index is 0.971. The average molecular weight is 1600 g/mol. The number of hydrogen-bond donors (Lipinski definition) is 6. The summed E-state index contributed by atoms with van der Waals surface area (Å²) in [5.74, 6) is -6.45. The van der Waals surface area contributed by atoms with Crippen LogP contribution in [0, 0.1) is 0 Å². The van der Waals surface area contributed by atoms with Crippen LogP contribution in [0.15, 0.2) is 322 Å². The summed E-state index contributed by atoms with van der Waals surface area (Å²) in [6.07, 6.45) is -6.17. The number of rotatable bonds is 31. The number of benzene rings is 14. The maximum atomic E-state index is 16.0.